The number of carbonyl (C=O) groups is 2. The van der Waals surface area contributed by atoms with Crippen LogP contribution in [-0.4, -0.2) is 28.8 Å². The smallest absolute Gasteiger partial charge is 0.357 e. The topological polar surface area (TPSA) is 69.2 Å². The van der Waals surface area contributed by atoms with E-state index in [1.807, 2.05) is 0 Å². The molecule has 88 valence electrons. The Morgan fingerprint density at radius 1 is 1.41 bits per heavy atom. The maximum Gasteiger partial charge on any atom is 0.357 e. The lowest BCUT2D eigenvalue weighted by Crippen LogP contribution is -2.04. The van der Waals surface area contributed by atoms with Crippen molar-refractivity contribution in [1.82, 2.24) is 9.97 Å². The molecule has 0 radical (unpaired) electrons. The van der Waals surface area contributed by atoms with Gasteiger partial charge in [-0.05, 0) is 6.92 Å². The molecule has 0 N–H and O–H groups in total. The summed E-state index contributed by atoms with van der Waals surface area (Å²) in [6, 6.07) is 0. The predicted molar refractivity (Wildman–Crippen MR) is 64.6 cm³/mol. The molecule has 0 fully saturated rings. The van der Waals surface area contributed by atoms with Crippen molar-refractivity contribution >= 4 is 34.9 Å². The van der Waals surface area contributed by atoms with Crippen LogP contribution in [0.5, 0.6) is 0 Å². The molecule has 0 aromatic carbocycles. The Labute approximate surface area is 105 Å². The van der Waals surface area contributed by atoms with Gasteiger partial charge in [0.25, 0.3) is 0 Å². The molecular weight excluding hydrogens is 260 g/mol. The summed E-state index contributed by atoms with van der Waals surface area (Å²) in [5, 5.41) is 4.36. The van der Waals surface area contributed by atoms with Crippen molar-refractivity contribution in [3.63, 3.8) is 0 Å². The second-order valence-electron chi connectivity index (χ2n) is 2.95. The van der Waals surface area contributed by atoms with Gasteiger partial charge in [-0.1, -0.05) is 0 Å². The third-order valence-electron chi connectivity index (χ3n) is 1.83. The first-order valence-electron chi connectivity index (χ1n) is 4.78. The Bertz CT molecular complexity index is 547. The van der Waals surface area contributed by atoms with Gasteiger partial charge in [0.2, 0.25) is 0 Å². The van der Waals surface area contributed by atoms with Crippen LogP contribution >= 0.6 is 22.7 Å². The Morgan fingerprint density at radius 2 is 2.24 bits per heavy atom. The molecule has 0 spiro atoms. The molecule has 2 rings (SSSR count). The number of aromatic nitrogens is 2. The van der Waals surface area contributed by atoms with Crippen LogP contribution in [-0.2, 0) is 4.74 Å². The third kappa shape index (κ3) is 2.56. The van der Waals surface area contributed by atoms with Crippen molar-refractivity contribution in [1.29, 1.82) is 0 Å². The monoisotopic (exact) mass is 268 g/mol. The Morgan fingerprint density at radius 3 is 2.88 bits per heavy atom. The van der Waals surface area contributed by atoms with E-state index in [-0.39, 0.29) is 5.69 Å². The summed E-state index contributed by atoms with van der Waals surface area (Å²) >= 11 is 2.54. The lowest BCUT2D eigenvalue weighted by molar-refractivity contribution is 0.0520. The van der Waals surface area contributed by atoms with Crippen molar-refractivity contribution in [2.24, 2.45) is 0 Å². The van der Waals surface area contributed by atoms with Gasteiger partial charge in [-0.3, -0.25) is 4.79 Å². The molecule has 0 amide bonds. The van der Waals surface area contributed by atoms with E-state index in [0.717, 1.165) is 0 Å². The predicted octanol–water partition coefficient (Wildman–Crippen LogP) is 2.26. The van der Waals surface area contributed by atoms with E-state index < -0.39 is 5.97 Å². The molecule has 0 unspecified atom stereocenters. The minimum Gasteiger partial charge on any atom is -0.461 e. The van der Waals surface area contributed by atoms with E-state index in [9.17, 15) is 9.59 Å². The van der Waals surface area contributed by atoms with Crippen LogP contribution in [0.4, 0.5) is 0 Å². The molecule has 0 saturated heterocycles. The Kier molecular flexibility index (Phi) is 3.60. The van der Waals surface area contributed by atoms with Gasteiger partial charge < -0.3 is 4.74 Å². The maximum absolute atomic E-state index is 11.4. The molecule has 0 saturated carbocycles. The zero-order chi connectivity index (χ0) is 12.3. The first-order chi connectivity index (χ1) is 8.24. The number of hydrogen-bond acceptors (Lipinski definition) is 7. The Balaban J connectivity index is 2.23. The SMILES string of the molecule is CCOC(=O)c1csc(-c2csc(C=O)n2)n1. The Hall–Kier alpha value is -1.60. The van der Waals surface area contributed by atoms with Gasteiger partial charge in [-0.15, -0.1) is 22.7 Å². The molecule has 17 heavy (non-hydrogen) atoms. The van der Waals surface area contributed by atoms with Crippen molar-refractivity contribution in [3.8, 4) is 10.7 Å². The van der Waals surface area contributed by atoms with Crippen molar-refractivity contribution in [2.45, 2.75) is 6.92 Å². The number of thiazole rings is 2. The molecule has 0 aliphatic heterocycles. The standard InChI is InChI=1S/C10H8N2O3S2/c1-2-15-10(14)7-5-17-9(12-7)6-4-16-8(3-13)11-6/h3-5H,2H2,1H3. The van der Waals surface area contributed by atoms with Gasteiger partial charge >= 0.3 is 5.97 Å². The normalized spacial score (nSPS) is 10.2. The molecule has 0 atom stereocenters. The van der Waals surface area contributed by atoms with Crippen LogP contribution in [0.2, 0.25) is 0 Å². The molecular formula is C10H8N2O3S2. The van der Waals surface area contributed by atoms with Crippen LogP contribution in [0.15, 0.2) is 10.8 Å². The fraction of sp³-hybridized carbons (Fsp3) is 0.200. The van der Waals surface area contributed by atoms with Crippen molar-refractivity contribution in [3.05, 3.63) is 21.5 Å². The molecule has 2 aromatic rings. The highest BCUT2D eigenvalue weighted by atomic mass is 32.1. The van der Waals surface area contributed by atoms with Crippen LogP contribution in [0, 0.1) is 0 Å². The number of ether oxygens (including phenoxy) is 1. The molecule has 7 heteroatoms. The van der Waals surface area contributed by atoms with E-state index >= 15 is 0 Å². The summed E-state index contributed by atoms with van der Waals surface area (Å²) in [6.07, 6.45) is 0.689. The molecule has 5 nitrogen and oxygen atoms in total. The molecule has 2 aromatic heterocycles. The largest absolute Gasteiger partial charge is 0.461 e. The summed E-state index contributed by atoms with van der Waals surface area (Å²) in [5.41, 5.74) is 0.880. The van der Waals surface area contributed by atoms with Gasteiger partial charge in [0, 0.05) is 10.8 Å². The zero-order valence-corrected chi connectivity index (χ0v) is 10.5. The second kappa shape index (κ2) is 5.15. The van der Waals surface area contributed by atoms with E-state index in [2.05, 4.69) is 9.97 Å². The summed E-state index contributed by atoms with van der Waals surface area (Å²) in [6.45, 7) is 2.06. The van der Waals surface area contributed by atoms with Crippen LogP contribution in [0.3, 0.4) is 0 Å². The van der Waals surface area contributed by atoms with E-state index in [1.165, 1.54) is 22.7 Å². The van der Waals surface area contributed by atoms with Gasteiger partial charge in [0.1, 0.15) is 10.7 Å². The highest BCUT2D eigenvalue weighted by Gasteiger charge is 2.14. The van der Waals surface area contributed by atoms with E-state index in [0.29, 0.717) is 28.6 Å². The summed E-state index contributed by atoms with van der Waals surface area (Å²) < 4.78 is 4.83. The van der Waals surface area contributed by atoms with Crippen molar-refractivity contribution < 1.29 is 14.3 Å². The van der Waals surface area contributed by atoms with Crippen LogP contribution in [0.25, 0.3) is 10.7 Å². The number of aldehydes is 1. The summed E-state index contributed by atoms with van der Waals surface area (Å²) in [4.78, 5) is 30.1. The summed E-state index contributed by atoms with van der Waals surface area (Å²) in [7, 11) is 0. The minimum absolute atomic E-state index is 0.271. The highest BCUT2D eigenvalue weighted by molar-refractivity contribution is 7.14. The lowest BCUT2D eigenvalue weighted by Gasteiger charge is -1.95. The molecule has 0 aliphatic rings. The average molecular weight is 268 g/mol. The third-order valence-corrected chi connectivity index (χ3v) is 3.47. The molecule has 0 bridgehead atoms. The molecule has 2 heterocycles. The fourth-order valence-electron chi connectivity index (χ4n) is 1.13. The van der Waals surface area contributed by atoms with Crippen LogP contribution in [0.1, 0.15) is 27.2 Å². The number of nitrogens with zero attached hydrogens (tertiary/aromatic N) is 2. The number of hydrogen-bond donors (Lipinski definition) is 0. The van der Waals surface area contributed by atoms with Crippen molar-refractivity contribution in [2.75, 3.05) is 6.61 Å². The maximum atomic E-state index is 11.4. The van der Waals surface area contributed by atoms with Crippen LogP contribution < -0.4 is 0 Å². The number of carbonyl (C=O) groups excluding carboxylic acids is 2. The van der Waals surface area contributed by atoms with Gasteiger partial charge in [0.15, 0.2) is 17.0 Å². The second-order valence-corrected chi connectivity index (χ2v) is 4.69. The first kappa shape index (κ1) is 11.9. The molecule has 0 aliphatic carbocycles. The zero-order valence-electron chi connectivity index (χ0n) is 8.87. The van der Waals surface area contributed by atoms with Gasteiger partial charge in [-0.25, -0.2) is 14.8 Å². The summed E-state index contributed by atoms with van der Waals surface area (Å²) in [5.74, 6) is -0.444. The number of esters is 1. The highest BCUT2D eigenvalue weighted by Crippen LogP contribution is 2.25. The fourth-order valence-corrected chi connectivity index (χ4v) is 2.56. The first-order valence-corrected chi connectivity index (χ1v) is 6.54. The quantitative estimate of drug-likeness (QED) is 0.628. The lowest BCUT2D eigenvalue weighted by atomic mass is 10.5. The van der Waals surface area contributed by atoms with E-state index in [1.54, 1.807) is 17.7 Å². The van der Waals surface area contributed by atoms with Gasteiger partial charge in [0.05, 0.1) is 6.61 Å². The number of rotatable bonds is 4. The van der Waals surface area contributed by atoms with E-state index in [4.69, 9.17) is 4.74 Å². The van der Waals surface area contributed by atoms with Gasteiger partial charge in [-0.2, -0.15) is 0 Å². The minimum atomic E-state index is -0.444. The average Bonchev–Trinajstić information content (AvgIpc) is 2.98.